The van der Waals surface area contributed by atoms with Gasteiger partial charge in [-0.1, -0.05) is 291 Å². The fourth-order valence-electron chi connectivity index (χ4n) is 8.92. The Morgan fingerprint density at radius 3 is 0.766 bits per heavy atom. The summed E-state index contributed by atoms with van der Waals surface area (Å²) in [6.45, 7) is 9.06. The fourth-order valence-corrected chi connectivity index (χ4v) is 8.92. The van der Waals surface area contributed by atoms with Crippen LogP contribution in [-0.2, 0) is 28.6 Å². The Kier molecular flexibility index (Phi) is 51.1. The second-order valence-corrected chi connectivity index (χ2v) is 20.4. The van der Waals surface area contributed by atoms with Crippen LogP contribution in [0.4, 0.5) is 0 Å². The lowest BCUT2D eigenvalue weighted by atomic mass is 10.0. The van der Waals surface area contributed by atoms with Gasteiger partial charge in [-0.3, -0.25) is 14.4 Å². The van der Waals surface area contributed by atoms with Crippen molar-refractivity contribution in [2.24, 2.45) is 5.92 Å². The molecule has 0 bridgehead atoms. The average Bonchev–Trinajstić information content (AvgIpc) is 3.28. The SMILES string of the molecule is CCCCCCCCCCCCCCCCCCCCC(=O)OC[C@H](COC(=O)CCCCCCCCCCCCC)OC(=O)CCCCCCCCCCCCCCCCC(C)C. The average molecular weight is 906 g/mol. The monoisotopic (exact) mass is 905 g/mol. The van der Waals surface area contributed by atoms with E-state index in [0.29, 0.717) is 19.3 Å². The molecule has 0 saturated carbocycles. The molecule has 0 spiro atoms. The Bertz CT molecular complexity index is 964. The molecule has 0 radical (unpaired) electrons. The van der Waals surface area contributed by atoms with E-state index in [9.17, 15) is 14.4 Å². The van der Waals surface area contributed by atoms with E-state index in [-0.39, 0.29) is 31.1 Å². The van der Waals surface area contributed by atoms with E-state index < -0.39 is 6.10 Å². The zero-order chi connectivity index (χ0) is 46.7. The first-order valence-corrected chi connectivity index (χ1v) is 28.9. The number of carbonyl (C=O) groups is 3. The molecule has 0 aromatic rings. The van der Waals surface area contributed by atoms with Crippen LogP contribution in [0.25, 0.3) is 0 Å². The van der Waals surface area contributed by atoms with E-state index in [1.165, 1.54) is 225 Å². The van der Waals surface area contributed by atoms with Crippen LogP contribution in [0, 0.1) is 5.92 Å². The van der Waals surface area contributed by atoms with Crippen LogP contribution in [0.5, 0.6) is 0 Å². The summed E-state index contributed by atoms with van der Waals surface area (Å²) in [7, 11) is 0. The Balaban J connectivity index is 4.25. The Hall–Kier alpha value is -1.59. The molecule has 0 aliphatic heterocycles. The van der Waals surface area contributed by atoms with Crippen LogP contribution < -0.4 is 0 Å². The quantitative estimate of drug-likeness (QED) is 0.0344. The molecule has 0 unspecified atom stereocenters. The molecule has 0 fully saturated rings. The second kappa shape index (κ2) is 52.4. The van der Waals surface area contributed by atoms with Crippen molar-refractivity contribution in [1.29, 1.82) is 0 Å². The van der Waals surface area contributed by atoms with Crippen molar-refractivity contribution in [2.45, 2.75) is 336 Å². The lowest BCUT2D eigenvalue weighted by molar-refractivity contribution is -0.167. The minimum absolute atomic E-state index is 0.0619. The van der Waals surface area contributed by atoms with Crippen molar-refractivity contribution in [3.63, 3.8) is 0 Å². The molecule has 0 aromatic carbocycles. The van der Waals surface area contributed by atoms with Crippen molar-refractivity contribution in [3.8, 4) is 0 Å². The summed E-state index contributed by atoms with van der Waals surface area (Å²) in [4.78, 5) is 38.1. The molecule has 0 saturated heterocycles. The highest BCUT2D eigenvalue weighted by Gasteiger charge is 2.19. The number of ether oxygens (including phenoxy) is 3. The van der Waals surface area contributed by atoms with Gasteiger partial charge in [0.15, 0.2) is 6.10 Å². The highest BCUT2D eigenvalue weighted by Crippen LogP contribution is 2.18. The van der Waals surface area contributed by atoms with Gasteiger partial charge in [0.05, 0.1) is 0 Å². The number of carbonyl (C=O) groups excluding carboxylic acids is 3. The zero-order valence-electron chi connectivity index (χ0n) is 43.8. The lowest BCUT2D eigenvalue weighted by Gasteiger charge is -2.18. The van der Waals surface area contributed by atoms with E-state index in [0.717, 1.165) is 63.7 Å². The fraction of sp³-hybridized carbons (Fsp3) is 0.948. The molecule has 0 amide bonds. The topological polar surface area (TPSA) is 78.9 Å². The number of esters is 3. The molecule has 0 heterocycles. The third kappa shape index (κ3) is 51.4. The van der Waals surface area contributed by atoms with Crippen molar-refractivity contribution in [1.82, 2.24) is 0 Å². The van der Waals surface area contributed by atoms with E-state index in [1.807, 2.05) is 0 Å². The van der Waals surface area contributed by atoms with E-state index in [2.05, 4.69) is 27.7 Å². The molecule has 64 heavy (non-hydrogen) atoms. The summed E-state index contributed by atoms with van der Waals surface area (Å²) in [5.41, 5.74) is 0. The molecule has 0 aromatic heterocycles. The minimum Gasteiger partial charge on any atom is -0.462 e. The maximum atomic E-state index is 12.8. The Morgan fingerprint density at radius 2 is 0.516 bits per heavy atom. The van der Waals surface area contributed by atoms with E-state index in [4.69, 9.17) is 14.2 Å². The van der Waals surface area contributed by atoms with Crippen LogP contribution in [0.15, 0.2) is 0 Å². The van der Waals surface area contributed by atoms with Gasteiger partial charge in [-0.25, -0.2) is 0 Å². The number of hydrogen-bond acceptors (Lipinski definition) is 6. The van der Waals surface area contributed by atoms with Crippen LogP contribution >= 0.6 is 0 Å². The van der Waals surface area contributed by atoms with Gasteiger partial charge in [-0.05, 0) is 25.2 Å². The first-order chi connectivity index (χ1) is 31.4. The summed E-state index contributed by atoms with van der Waals surface area (Å²) in [6.07, 6.45) is 56.6. The molecular formula is C58H112O6. The maximum Gasteiger partial charge on any atom is 0.306 e. The van der Waals surface area contributed by atoms with Crippen molar-refractivity contribution in [2.75, 3.05) is 13.2 Å². The van der Waals surface area contributed by atoms with Crippen molar-refractivity contribution < 1.29 is 28.6 Å². The Labute approximate surface area is 399 Å². The van der Waals surface area contributed by atoms with Gasteiger partial charge in [0.2, 0.25) is 0 Å². The van der Waals surface area contributed by atoms with E-state index in [1.54, 1.807) is 0 Å². The van der Waals surface area contributed by atoms with Crippen molar-refractivity contribution in [3.05, 3.63) is 0 Å². The first kappa shape index (κ1) is 62.4. The highest BCUT2D eigenvalue weighted by atomic mass is 16.6. The first-order valence-electron chi connectivity index (χ1n) is 28.9. The molecule has 0 aliphatic carbocycles. The van der Waals surface area contributed by atoms with Crippen molar-refractivity contribution >= 4 is 17.9 Å². The number of rotatable bonds is 53. The summed E-state index contributed by atoms with van der Waals surface area (Å²) in [6, 6.07) is 0. The largest absolute Gasteiger partial charge is 0.462 e. The standard InChI is InChI=1S/C58H112O6/c1-5-7-9-11-13-15-17-18-19-20-21-22-26-30-34-38-42-46-50-57(60)63-53-55(52-62-56(59)49-45-41-37-33-28-16-14-12-10-8-6-2)64-58(61)51-47-43-39-35-31-27-24-23-25-29-32-36-40-44-48-54(3)4/h54-55H,5-53H2,1-4H3/t55-/m0/s1. The summed E-state index contributed by atoms with van der Waals surface area (Å²) in [5.74, 6) is 0.00690. The van der Waals surface area contributed by atoms with Crippen LogP contribution in [0.3, 0.4) is 0 Å². The lowest BCUT2D eigenvalue weighted by Crippen LogP contribution is -2.30. The van der Waals surface area contributed by atoms with Gasteiger partial charge >= 0.3 is 17.9 Å². The number of unbranched alkanes of at least 4 members (excludes halogenated alkanes) is 40. The molecular weight excluding hydrogens is 793 g/mol. The molecule has 0 aliphatic rings. The zero-order valence-corrected chi connectivity index (χ0v) is 43.8. The molecule has 6 nitrogen and oxygen atoms in total. The van der Waals surface area contributed by atoms with E-state index >= 15 is 0 Å². The third-order valence-electron chi connectivity index (χ3n) is 13.3. The molecule has 1 atom stereocenters. The van der Waals surface area contributed by atoms with Gasteiger partial charge in [0.25, 0.3) is 0 Å². The second-order valence-electron chi connectivity index (χ2n) is 20.4. The smallest absolute Gasteiger partial charge is 0.306 e. The summed E-state index contributed by atoms with van der Waals surface area (Å²) >= 11 is 0. The molecule has 380 valence electrons. The van der Waals surface area contributed by atoms with Crippen LogP contribution in [-0.4, -0.2) is 37.2 Å². The van der Waals surface area contributed by atoms with Gasteiger partial charge < -0.3 is 14.2 Å². The van der Waals surface area contributed by atoms with Crippen LogP contribution in [0.1, 0.15) is 329 Å². The number of hydrogen-bond donors (Lipinski definition) is 0. The predicted molar refractivity (Wildman–Crippen MR) is 275 cm³/mol. The third-order valence-corrected chi connectivity index (χ3v) is 13.3. The summed E-state index contributed by atoms with van der Waals surface area (Å²) in [5, 5.41) is 0. The highest BCUT2D eigenvalue weighted by molar-refractivity contribution is 5.71. The van der Waals surface area contributed by atoms with Gasteiger partial charge in [0.1, 0.15) is 13.2 Å². The maximum absolute atomic E-state index is 12.8. The molecule has 6 heteroatoms. The predicted octanol–water partition coefficient (Wildman–Crippen LogP) is 19.0. The molecule has 0 rings (SSSR count). The minimum atomic E-state index is -0.761. The van der Waals surface area contributed by atoms with Gasteiger partial charge in [0, 0.05) is 19.3 Å². The van der Waals surface area contributed by atoms with Crippen LogP contribution in [0.2, 0.25) is 0 Å². The van der Waals surface area contributed by atoms with Gasteiger partial charge in [-0.2, -0.15) is 0 Å². The summed E-state index contributed by atoms with van der Waals surface area (Å²) < 4.78 is 16.9. The Morgan fingerprint density at radius 1 is 0.297 bits per heavy atom. The van der Waals surface area contributed by atoms with Gasteiger partial charge in [-0.15, -0.1) is 0 Å². The normalized spacial score (nSPS) is 12.0. The molecule has 0 N–H and O–H groups in total.